The molecule has 0 aliphatic carbocycles. The molecule has 2 N–H and O–H groups in total. The molecule has 1 amide bonds. The summed E-state index contributed by atoms with van der Waals surface area (Å²) in [5.41, 5.74) is 0. The summed E-state index contributed by atoms with van der Waals surface area (Å²) in [5, 5.41) is 8.63. The van der Waals surface area contributed by atoms with Gasteiger partial charge in [0.05, 0.1) is 12.7 Å². The molecule has 0 saturated carbocycles. The van der Waals surface area contributed by atoms with E-state index in [1.807, 2.05) is 0 Å². The van der Waals surface area contributed by atoms with E-state index in [0.29, 0.717) is 19.5 Å². The van der Waals surface area contributed by atoms with Crippen LogP contribution in [0.15, 0.2) is 17.3 Å². The highest BCUT2D eigenvalue weighted by molar-refractivity contribution is 7.89. The quantitative estimate of drug-likeness (QED) is 0.691. The van der Waals surface area contributed by atoms with Gasteiger partial charge in [0.2, 0.25) is 5.91 Å². The van der Waals surface area contributed by atoms with Crippen molar-refractivity contribution in [1.29, 1.82) is 0 Å². The first-order valence-electron chi connectivity index (χ1n) is 4.87. The third-order valence-electron chi connectivity index (χ3n) is 2.32. The number of aromatic nitrogens is 2. The molecule has 7 nitrogen and oxygen atoms in total. The normalized spacial score (nSPS) is 19.1. The van der Waals surface area contributed by atoms with Crippen molar-refractivity contribution in [3.63, 3.8) is 0 Å². The topological polar surface area (TPSA) is 95.2 Å². The molecule has 0 spiro atoms. The first-order chi connectivity index (χ1) is 7.60. The summed E-state index contributed by atoms with van der Waals surface area (Å²) in [5.74, 6) is -0.277. The van der Waals surface area contributed by atoms with Gasteiger partial charge in [-0.3, -0.25) is 9.89 Å². The zero-order valence-corrected chi connectivity index (χ0v) is 9.33. The van der Waals surface area contributed by atoms with E-state index in [9.17, 15) is 13.2 Å². The van der Waals surface area contributed by atoms with Gasteiger partial charge < -0.3 is 5.32 Å². The summed E-state index contributed by atoms with van der Waals surface area (Å²) in [4.78, 5) is 11.3. The van der Waals surface area contributed by atoms with Crippen LogP contribution >= 0.6 is 0 Å². The summed E-state index contributed by atoms with van der Waals surface area (Å²) in [6, 6.07) is 1.37. The van der Waals surface area contributed by atoms with Crippen LogP contribution in [0.5, 0.6) is 0 Å². The highest BCUT2D eigenvalue weighted by atomic mass is 32.2. The molecule has 2 heterocycles. The van der Waals surface area contributed by atoms with Gasteiger partial charge in [-0.05, 0) is 12.5 Å². The van der Waals surface area contributed by atoms with Crippen molar-refractivity contribution in [2.75, 3.05) is 19.6 Å². The monoisotopic (exact) mass is 244 g/mol. The average molecular weight is 244 g/mol. The Morgan fingerprint density at radius 1 is 1.44 bits per heavy atom. The fraction of sp³-hybridized carbons (Fsp3) is 0.500. The van der Waals surface area contributed by atoms with Gasteiger partial charge in [0, 0.05) is 13.1 Å². The Labute approximate surface area is 92.9 Å². The highest BCUT2D eigenvalue weighted by Crippen LogP contribution is 2.13. The molecule has 1 aliphatic heterocycles. The number of hydrogen-bond donors (Lipinski definition) is 2. The van der Waals surface area contributed by atoms with Crippen molar-refractivity contribution >= 4 is 15.9 Å². The lowest BCUT2D eigenvalue weighted by Gasteiger charge is -2.16. The molecule has 0 radical (unpaired) electrons. The molecule has 0 unspecified atom stereocenters. The van der Waals surface area contributed by atoms with E-state index in [0.717, 1.165) is 4.31 Å². The van der Waals surface area contributed by atoms with E-state index in [4.69, 9.17) is 0 Å². The van der Waals surface area contributed by atoms with Crippen LogP contribution in [0.25, 0.3) is 0 Å². The number of carbonyl (C=O) groups is 1. The van der Waals surface area contributed by atoms with Crippen LogP contribution in [0.3, 0.4) is 0 Å². The Kier molecular flexibility index (Phi) is 2.92. The lowest BCUT2D eigenvalue weighted by Crippen LogP contribution is -2.37. The lowest BCUT2D eigenvalue weighted by molar-refractivity contribution is -0.120. The Morgan fingerprint density at radius 2 is 2.25 bits per heavy atom. The number of carbonyl (C=O) groups excluding carboxylic acids is 1. The highest BCUT2D eigenvalue weighted by Gasteiger charge is 2.28. The SMILES string of the molecule is O=C1CN(S(=O)(=O)c2ccn[nH]2)CCCN1. The number of nitrogens with zero attached hydrogens (tertiary/aromatic N) is 2. The van der Waals surface area contributed by atoms with E-state index in [1.54, 1.807) is 0 Å². The van der Waals surface area contributed by atoms with Crippen molar-refractivity contribution in [3.05, 3.63) is 12.3 Å². The van der Waals surface area contributed by atoms with Gasteiger partial charge in [0.25, 0.3) is 10.0 Å². The number of rotatable bonds is 2. The van der Waals surface area contributed by atoms with Gasteiger partial charge in [-0.2, -0.15) is 9.40 Å². The third kappa shape index (κ3) is 2.07. The van der Waals surface area contributed by atoms with E-state index < -0.39 is 10.0 Å². The van der Waals surface area contributed by atoms with Crippen LogP contribution in [-0.2, 0) is 14.8 Å². The van der Waals surface area contributed by atoms with Gasteiger partial charge in [-0.15, -0.1) is 0 Å². The van der Waals surface area contributed by atoms with Crippen molar-refractivity contribution in [1.82, 2.24) is 19.8 Å². The summed E-state index contributed by atoms with van der Waals surface area (Å²) in [6.45, 7) is 0.704. The predicted molar refractivity (Wildman–Crippen MR) is 55.0 cm³/mol. The number of H-pyrrole nitrogens is 1. The van der Waals surface area contributed by atoms with E-state index in [1.165, 1.54) is 12.3 Å². The molecule has 1 aromatic rings. The van der Waals surface area contributed by atoms with Crippen LogP contribution in [0.1, 0.15) is 6.42 Å². The van der Waals surface area contributed by atoms with Crippen molar-refractivity contribution in [2.24, 2.45) is 0 Å². The number of nitrogens with one attached hydrogen (secondary N) is 2. The maximum absolute atomic E-state index is 12.0. The van der Waals surface area contributed by atoms with Gasteiger partial charge in [0.15, 0.2) is 5.03 Å². The summed E-state index contributed by atoms with van der Waals surface area (Å²) in [6.07, 6.45) is 1.98. The Bertz CT molecular complexity index is 467. The predicted octanol–water partition coefficient (Wildman–Crippen LogP) is -1.08. The second kappa shape index (κ2) is 4.22. The molecule has 1 saturated heterocycles. The maximum atomic E-state index is 12.0. The summed E-state index contributed by atoms with van der Waals surface area (Å²) in [7, 11) is -3.62. The smallest absolute Gasteiger partial charge is 0.260 e. The average Bonchev–Trinajstić information content (AvgIpc) is 2.68. The fourth-order valence-electron chi connectivity index (χ4n) is 1.51. The van der Waals surface area contributed by atoms with Crippen LogP contribution in [-0.4, -0.2) is 48.5 Å². The number of hydrogen-bond acceptors (Lipinski definition) is 4. The maximum Gasteiger partial charge on any atom is 0.260 e. The molecule has 0 bridgehead atoms. The molecular formula is C8H12N4O3S. The summed E-state index contributed by atoms with van der Waals surface area (Å²) < 4.78 is 25.2. The Balaban J connectivity index is 2.26. The van der Waals surface area contributed by atoms with Crippen LogP contribution in [0.4, 0.5) is 0 Å². The molecule has 8 heteroatoms. The molecule has 88 valence electrons. The molecular weight excluding hydrogens is 232 g/mol. The van der Waals surface area contributed by atoms with Crippen LogP contribution < -0.4 is 5.32 Å². The standard InChI is InChI=1S/C8H12N4O3S/c13-7-6-12(5-1-3-9-7)16(14,15)8-2-4-10-11-8/h2,4H,1,3,5-6H2,(H,9,13)(H,10,11). The molecule has 0 aromatic carbocycles. The third-order valence-corrected chi connectivity index (χ3v) is 4.09. The Morgan fingerprint density at radius 3 is 2.94 bits per heavy atom. The number of sulfonamides is 1. The second-order valence-electron chi connectivity index (χ2n) is 3.46. The van der Waals surface area contributed by atoms with Crippen molar-refractivity contribution < 1.29 is 13.2 Å². The van der Waals surface area contributed by atoms with E-state index in [-0.39, 0.29) is 17.5 Å². The van der Waals surface area contributed by atoms with Crippen LogP contribution in [0, 0.1) is 0 Å². The largest absolute Gasteiger partial charge is 0.355 e. The number of aromatic amines is 1. The molecule has 1 aliphatic rings. The second-order valence-corrected chi connectivity index (χ2v) is 5.37. The fourth-order valence-corrected chi connectivity index (χ4v) is 2.85. The van der Waals surface area contributed by atoms with E-state index in [2.05, 4.69) is 15.5 Å². The lowest BCUT2D eigenvalue weighted by atomic mass is 10.4. The van der Waals surface area contributed by atoms with Gasteiger partial charge in [0.1, 0.15) is 0 Å². The molecule has 0 atom stereocenters. The van der Waals surface area contributed by atoms with Crippen molar-refractivity contribution in [2.45, 2.75) is 11.4 Å². The van der Waals surface area contributed by atoms with Crippen molar-refractivity contribution in [3.8, 4) is 0 Å². The zero-order valence-electron chi connectivity index (χ0n) is 8.51. The first-order valence-corrected chi connectivity index (χ1v) is 6.31. The molecule has 1 aromatic heterocycles. The molecule has 2 rings (SSSR count). The Hall–Kier alpha value is -1.41. The van der Waals surface area contributed by atoms with Gasteiger partial charge in [-0.1, -0.05) is 0 Å². The molecule has 1 fully saturated rings. The number of amides is 1. The first kappa shape index (κ1) is 11.1. The van der Waals surface area contributed by atoms with Crippen LogP contribution in [0.2, 0.25) is 0 Å². The minimum absolute atomic E-state index is 0.0159. The van der Waals surface area contributed by atoms with Gasteiger partial charge in [-0.25, -0.2) is 8.42 Å². The molecule has 16 heavy (non-hydrogen) atoms. The minimum atomic E-state index is -3.62. The van der Waals surface area contributed by atoms with E-state index >= 15 is 0 Å². The summed E-state index contributed by atoms with van der Waals surface area (Å²) >= 11 is 0. The minimum Gasteiger partial charge on any atom is -0.355 e. The van der Waals surface area contributed by atoms with Gasteiger partial charge >= 0.3 is 0 Å². The zero-order chi connectivity index (χ0) is 11.6.